The van der Waals surface area contributed by atoms with Crippen molar-refractivity contribution in [3.05, 3.63) is 0 Å². The maximum Gasteiger partial charge on any atom is 0.320 e. The Morgan fingerprint density at radius 2 is 1.92 bits per heavy atom. The highest BCUT2D eigenvalue weighted by molar-refractivity contribution is 8.93. The lowest BCUT2D eigenvalue weighted by molar-refractivity contribution is -0.147. The van der Waals surface area contributed by atoms with Crippen molar-refractivity contribution in [2.45, 2.75) is 25.3 Å². The Morgan fingerprint density at radius 3 is 2.17 bits per heavy atom. The van der Waals surface area contributed by atoms with Crippen molar-refractivity contribution in [2.24, 2.45) is 5.92 Å². The van der Waals surface area contributed by atoms with Gasteiger partial charge in [0.1, 0.15) is 6.04 Å². The molecule has 2 bridgehead atoms. The summed E-state index contributed by atoms with van der Waals surface area (Å²) in [5.74, 6) is 0.0653. The predicted octanol–water partition coefficient (Wildman–Crippen LogP) is 1.13. The minimum Gasteiger partial charge on any atom is -0.480 e. The molecule has 4 heteroatoms. The minimum atomic E-state index is -0.630. The van der Waals surface area contributed by atoms with E-state index in [1.807, 2.05) is 0 Å². The van der Waals surface area contributed by atoms with Crippen LogP contribution < -0.4 is 0 Å². The molecule has 3 aliphatic heterocycles. The van der Waals surface area contributed by atoms with Gasteiger partial charge in [-0.25, -0.2) is 0 Å². The van der Waals surface area contributed by atoms with Crippen LogP contribution in [0.15, 0.2) is 0 Å². The largest absolute Gasteiger partial charge is 0.480 e. The summed E-state index contributed by atoms with van der Waals surface area (Å²) in [6.07, 6.45) is 3.31. The number of halogens is 1. The molecule has 0 amide bonds. The fourth-order valence-corrected chi connectivity index (χ4v) is 2.22. The van der Waals surface area contributed by atoms with E-state index in [1.165, 1.54) is 12.8 Å². The van der Waals surface area contributed by atoms with Crippen molar-refractivity contribution in [3.8, 4) is 0 Å². The Hall–Kier alpha value is -0.0900. The molecule has 3 saturated heterocycles. The molecule has 1 N–H and O–H groups in total. The van der Waals surface area contributed by atoms with E-state index in [-0.39, 0.29) is 23.0 Å². The first-order valence-electron chi connectivity index (χ1n) is 4.24. The molecule has 0 aromatic carbocycles. The summed E-state index contributed by atoms with van der Waals surface area (Å²) in [6, 6.07) is -0.164. The molecule has 3 aliphatic rings. The average Bonchev–Trinajstić information content (AvgIpc) is 2.06. The van der Waals surface area contributed by atoms with Crippen LogP contribution in [0.1, 0.15) is 19.3 Å². The van der Waals surface area contributed by atoms with Crippen molar-refractivity contribution in [2.75, 3.05) is 13.1 Å². The van der Waals surface area contributed by atoms with E-state index in [0.717, 1.165) is 19.5 Å². The quantitative estimate of drug-likeness (QED) is 0.742. The molecular formula is C8H14BrNO2. The van der Waals surface area contributed by atoms with Crippen molar-refractivity contribution in [3.63, 3.8) is 0 Å². The summed E-state index contributed by atoms with van der Waals surface area (Å²) in [7, 11) is 0. The fraction of sp³-hybridized carbons (Fsp3) is 0.875. The molecule has 1 atom stereocenters. The number of piperidine rings is 3. The fourth-order valence-electron chi connectivity index (χ4n) is 2.22. The number of hydrogen-bond acceptors (Lipinski definition) is 2. The first-order chi connectivity index (χ1) is 5.27. The zero-order valence-corrected chi connectivity index (χ0v) is 8.61. The zero-order chi connectivity index (χ0) is 7.84. The van der Waals surface area contributed by atoms with Crippen LogP contribution in [0.3, 0.4) is 0 Å². The predicted molar refractivity (Wildman–Crippen MR) is 50.7 cm³/mol. The van der Waals surface area contributed by atoms with Gasteiger partial charge in [0.2, 0.25) is 0 Å². The Balaban J connectivity index is 0.000000720. The lowest BCUT2D eigenvalue weighted by atomic mass is 9.83. The highest BCUT2D eigenvalue weighted by atomic mass is 79.9. The van der Waals surface area contributed by atoms with Gasteiger partial charge in [-0.1, -0.05) is 0 Å². The van der Waals surface area contributed by atoms with Crippen LogP contribution in [-0.2, 0) is 4.79 Å². The molecule has 3 rings (SSSR count). The second-order valence-corrected chi connectivity index (χ2v) is 3.57. The topological polar surface area (TPSA) is 40.5 Å². The summed E-state index contributed by atoms with van der Waals surface area (Å²) >= 11 is 0. The summed E-state index contributed by atoms with van der Waals surface area (Å²) in [5, 5.41) is 8.82. The average molecular weight is 236 g/mol. The van der Waals surface area contributed by atoms with Crippen molar-refractivity contribution >= 4 is 23.0 Å². The van der Waals surface area contributed by atoms with E-state index < -0.39 is 5.97 Å². The van der Waals surface area contributed by atoms with Crippen LogP contribution in [0.25, 0.3) is 0 Å². The highest BCUT2D eigenvalue weighted by Gasteiger charge is 2.37. The third kappa shape index (κ3) is 1.64. The molecule has 0 aliphatic carbocycles. The van der Waals surface area contributed by atoms with Gasteiger partial charge in [-0.3, -0.25) is 9.69 Å². The van der Waals surface area contributed by atoms with Crippen LogP contribution in [0, 0.1) is 5.92 Å². The Labute approximate surface area is 82.5 Å². The summed E-state index contributed by atoms with van der Waals surface area (Å²) in [6.45, 7) is 2.00. The number of fused-ring (bicyclic) bond motifs is 3. The lowest BCUT2D eigenvalue weighted by Gasteiger charge is -2.43. The summed E-state index contributed by atoms with van der Waals surface area (Å²) in [5.41, 5.74) is 0. The first-order valence-corrected chi connectivity index (χ1v) is 4.24. The second-order valence-electron chi connectivity index (χ2n) is 3.57. The lowest BCUT2D eigenvalue weighted by Crippen LogP contribution is -2.52. The van der Waals surface area contributed by atoms with Gasteiger partial charge in [-0.05, 0) is 38.3 Å². The highest BCUT2D eigenvalue weighted by Crippen LogP contribution is 2.31. The maximum atomic E-state index is 10.7. The molecular weight excluding hydrogens is 222 g/mol. The van der Waals surface area contributed by atoms with Crippen LogP contribution in [-0.4, -0.2) is 35.1 Å². The van der Waals surface area contributed by atoms with E-state index in [2.05, 4.69) is 4.90 Å². The molecule has 3 fully saturated rings. The smallest absolute Gasteiger partial charge is 0.320 e. The van der Waals surface area contributed by atoms with E-state index in [1.54, 1.807) is 0 Å². The van der Waals surface area contributed by atoms with Gasteiger partial charge in [-0.2, -0.15) is 0 Å². The summed E-state index contributed by atoms with van der Waals surface area (Å²) < 4.78 is 0. The summed E-state index contributed by atoms with van der Waals surface area (Å²) in [4.78, 5) is 12.8. The molecule has 1 unspecified atom stereocenters. The van der Waals surface area contributed by atoms with Gasteiger partial charge in [0.05, 0.1) is 0 Å². The number of aliphatic carboxylic acids is 1. The SMILES string of the molecule is Br.O=C(O)C1CC2CCN1CC2. The molecule has 12 heavy (non-hydrogen) atoms. The number of rotatable bonds is 1. The van der Waals surface area contributed by atoms with Gasteiger partial charge in [0, 0.05) is 0 Å². The van der Waals surface area contributed by atoms with E-state index in [9.17, 15) is 4.79 Å². The van der Waals surface area contributed by atoms with Crippen LogP contribution in [0.4, 0.5) is 0 Å². The monoisotopic (exact) mass is 235 g/mol. The number of carboxylic acids is 1. The van der Waals surface area contributed by atoms with E-state index >= 15 is 0 Å². The normalized spacial score (nSPS) is 38.8. The van der Waals surface area contributed by atoms with Gasteiger partial charge in [-0.15, -0.1) is 17.0 Å². The van der Waals surface area contributed by atoms with Crippen molar-refractivity contribution < 1.29 is 9.90 Å². The van der Waals surface area contributed by atoms with Crippen LogP contribution >= 0.6 is 17.0 Å². The molecule has 3 heterocycles. The molecule has 3 nitrogen and oxygen atoms in total. The van der Waals surface area contributed by atoms with E-state index in [0.29, 0.717) is 5.92 Å². The minimum absolute atomic E-state index is 0. The molecule has 0 aromatic rings. The molecule has 0 aromatic heterocycles. The number of carboxylic acid groups (broad SMARTS) is 1. The molecule has 0 spiro atoms. The third-order valence-electron chi connectivity index (χ3n) is 2.93. The number of nitrogens with zero attached hydrogens (tertiary/aromatic N) is 1. The van der Waals surface area contributed by atoms with Gasteiger partial charge in [0.15, 0.2) is 0 Å². The van der Waals surface area contributed by atoms with Gasteiger partial charge in [0.25, 0.3) is 0 Å². The van der Waals surface area contributed by atoms with Crippen LogP contribution in [0.2, 0.25) is 0 Å². The zero-order valence-electron chi connectivity index (χ0n) is 6.90. The standard InChI is InChI=1S/C8H13NO2.BrH/c10-8(11)7-5-6-1-3-9(7)4-2-6;/h6-7H,1-5H2,(H,10,11);1H. The maximum absolute atomic E-state index is 10.7. The Kier molecular flexibility index (Phi) is 3.12. The second kappa shape index (κ2) is 3.75. The van der Waals surface area contributed by atoms with Gasteiger partial charge >= 0.3 is 5.97 Å². The molecule has 0 saturated carbocycles. The van der Waals surface area contributed by atoms with Crippen LogP contribution in [0.5, 0.6) is 0 Å². The van der Waals surface area contributed by atoms with Crippen molar-refractivity contribution in [1.82, 2.24) is 4.90 Å². The van der Waals surface area contributed by atoms with E-state index in [4.69, 9.17) is 5.11 Å². The number of carbonyl (C=O) groups is 1. The molecule has 0 radical (unpaired) electrons. The Bertz CT molecular complexity index is 178. The number of hydrogen-bond donors (Lipinski definition) is 1. The third-order valence-corrected chi connectivity index (χ3v) is 2.93. The molecule has 70 valence electrons. The first kappa shape index (κ1) is 9.99. The van der Waals surface area contributed by atoms with Gasteiger partial charge < -0.3 is 5.11 Å². The van der Waals surface area contributed by atoms with Crippen molar-refractivity contribution in [1.29, 1.82) is 0 Å². The Morgan fingerprint density at radius 1 is 1.33 bits per heavy atom.